The SMILES string of the molecule is CCCCn1ccnc1.N. The second-order valence-corrected chi connectivity index (χ2v) is 2.15. The van der Waals surface area contributed by atoms with Gasteiger partial charge in [-0.3, -0.25) is 0 Å². The largest absolute Gasteiger partial charge is 0.344 e. The highest BCUT2D eigenvalue weighted by Crippen LogP contribution is 1.92. The molecule has 0 aromatic carbocycles. The second-order valence-electron chi connectivity index (χ2n) is 2.15. The smallest absolute Gasteiger partial charge is 0.0945 e. The van der Waals surface area contributed by atoms with Gasteiger partial charge in [-0.15, -0.1) is 0 Å². The number of hydrogen-bond acceptors (Lipinski definition) is 2. The molecular formula is C7H15N3. The molecule has 0 aliphatic heterocycles. The predicted molar refractivity (Wildman–Crippen MR) is 42.2 cm³/mol. The van der Waals surface area contributed by atoms with Gasteiger partial charge in [-0.2, -0.15) is 0 Å². The monoisotopic (exact) mass is 141 g/mol. The van der Waals surface area contributed by atoms with Crippen LogP contribution in [-0.2, 0) is 6.54 Å². The molecule has 1 heterocycles. The van der Waals surface area contributed by atoms with Crippen LogP contribution in [0.5, 0.6) is 0 Å². The summed E-state index contributed by atoms with van der Waals surface area (Å²) in [5, 5.41) is 0. The quantitative estimate of drug-likeness (QED) is 0.698. The highest BCUT2D eigenvalue weighted by Gasteiger charge is 1.85. The van der Waals surface area contributed by atoms with Gasteiger partial charge in [-0.1, -0.05) is 13.3 Å². The fraction of sp³-hybridized carbons (Fsp3) is 0.571. The van der Waals surface area contributed by atoms with Crippen LogP contribution in [0.15, 0.2) is 18.7 Å². The number of aryl methyl sites for hydroxylation is 1. The second kappa shape index (κ2) is 4.99. The molecule has 0 spiro atoms. The molecule has 0 unspecified atom stereocenters. The lowest BCUT2D eigenvalue weighted by Gasteiger charge is -1.96. The molecule has 3 N–H and O–H groups in total. The van der Waals surface area contributed by atoms with E-state index in [9.17, 15) is 0 Å². The fourth-order valence-electron chi connectivity index (χ4n) is 0.760. The summed E-state index contributed by atoms with van der Waals surface area (Å²) in [6.07, 6.45) is 8.16. The van der Waals surface area contributed by atoms with Crippen molar-refractivity contribution in [2.75, 3.05) is 0 Å². The lowest BCUT2D eigenvalue weighted by molar-refractivity contribution is 0.631. The fourth-order valence-corrected chi connectivity index (χ4v) is 0.760. The van der Waals surface area contributed by atoms with Crippen LogP contribution >= 0.6 is 0 Å². The molecule has 0 atom stereocenters. The van der Waals surface area contributed by atoms with Gasteiger partial charge in [0.2, 0.25) is 0 Å². The number of aromatic nitrogens is 2. The molecule has 0 aliphatic carbocycles. The van der Waals surface area contributed by atoms with Crippen LogP contribution in [0.25, 0.3) is 0 Å². The van der Waals surface area contributed by atoms with Crippen molar-refractivity contribution in [1.29, 1.82) is 0 Å². The van der Waals surface area contributed by atoms with Gasteiger partial charge in [-0.05, 0) is 6.42 Å². The predicted octanol–water partition coefficient (Wildman–Crippen LogP) is 1.85. The van der Waals surface area contributed by atoms with Crippen LogP contribution in [-0.4, -0.2) is 9.55 Å². The molecule has 0 amide bonds. The molecule has 0 saturated heterocycles. The Bertz CT molecular complexity index is 146. The third-order valence-electron chi connectivity index (χ3n) is 1.33. The zero-order chi connectivity index (χ0) is 6.53. The zero-order valence-corrected chi connectivity index (χ0v) is 6.45. The highest BCUT2D eigenvalue weighted by molar-refractivity contribution is 4.73. The topological polar surface area (TPSA) is 52.8 Å². The van der Waals surface area contributed by atoms with Crippen LogP contribution in [0, 0.1) is 0 Å². The molecule has 0 aliphatic rings. The number of unbranched alkanes of at least 4 members (excludes halogenated alkanes) is 1. The Kier molecular flexibility index (Phi) is 4.58. The van der Waals surface area contributed by atoms with Gasteiger partial charge < -0.3 is 10.7 Å². The van der Waals surface area contributed by atoms with Crippen molar-refractivity contribution < 1.29 is 0 Å². The molecule has 0 saturated carbocycles. The summed E-state index contributed by atoms with van der Waals surface area (Å²) >= 11 is 0. The van der Waals surface area contributed by atoms with Gasteiger partial charge >= 0.3 is 0 Å². The van der Waals surface area contributed by atoms with Crippen molar-refractivity contribution in [1.82, 2.24) is 15.7 Å². The Labute approximate surface area is 61.7 Å². The summed E-state index contributed by atoms with van der Waals surface area (Å²) in [6, 6.07) is 0. The summed E-state index contributed by atoms with van der Waals surface area (Å²) < 4.78 is 2.10. The van der Waals surface area contributed by atoms with Crippen LogP contribution in [0.2, 0.25) is 0 Å². The lowest BCUT2D eigenvalue weighted by atomic mass is 10.3. The van der Waals surface area contributed by atoms with Gasteiger partial charge in [0, 0.05) is 18.9 Å². The molecule has 1 rings (SSSR count). The lowest BCUT2D eigenvalue weighted by Crippen LogP contribution is -1.92. The summed E-state index contributed by atoms with van der Waals surface area (Å²) in [5.74, 6) is 0. The van der Waals surface area contributed by atoms with Gasteiger partial charge in [-0.25, -0.2) is 4.98 Å². The Morgan fingerprint density at radius 3 is 2.80 bits per heavy atom. The minimum Gasteiger partial charge on any atom is -0.344 e. The maximum Gasteiger partial charge on any atom is 0.0945 e. The maximum atomic E-state index is 3.94. The van der Waals surface area contributed by atoms with Crippen LogP contribution in [0.4, 0.5) is 0 Å². The Hall–Kier alpha value is -0.830. The van der Waals surface area contributed by atoms with Crippen molar-refractivity contribution in [2.45, 2.75) is 26.3 Å². The van der Waals surface area contributed by atoms with E-state index >= 15 is 0 Å². The number of imidazole rings is 1. The normalized spacial score (nSPS) is 8.90. The molecule has 3 heteroatoms. The summed E-state index contributed by atoms with van der Waals surface area (Å²) in [6.45, 7) is 3.30. The van der Waals surface area contributed by atoms with Gasteiger partial charge in [0.05, 0.1) is 6.33 Å². The Morgan fingerprint density at radius 1 is 1.50 bits per heavy atom. The molecule has 3 nitrogen and oxygen atoms in total. The first-order chi connectivity index (χ1) is 4.43. The average Bonchev–Trinajstić information content (AvgIpc) is 2.34. The summed E-state index contributed by atoms with van der Waals surface area (Å²) in [4.78, 5) is 3.94. The molecule has 10 heavy (non-hydrogen) atoms. The Balaban J connectivity index is 0.000000810. The van der Waals surface area contributed by atoms with E-state index in [1.807, 2.05) is 18.7 Å². The maximum absolute atomic E-state index is 3.94. The minimum atomic E-state index is 0. The zero-order valence-electron chi connectivity index (χ0n) is 6.45. The van der Waals surface area contributed by atoms with Gasteiger partial charge in [0.1, 0.15) is 0 Å². The minimum absolute atomic E-state index is 0. The molecule has 0 bridgehead atoms. The average molecular weight is 141 g/mol. The van der Waals surface area contributed by atoms with E-state index in [-0.39, 0.29) is 6.15 Å². The molecule has 0 radical (unpaired) electrons. The van der Waals surface area contributed by atoms with Gasteiger partial charge in [0.25, 0.3) is 0 Å². The van der Waals surface area contributed by atoms with Crippen LogP contribution < -0.4 is 6.15 Å². The van der Waals surface area contributed by atoms with Crippen molar-refractivity contribution in [3.8, 4) is 0 Å². The van der Waals surface area contributed by atoms with Crippen molar-refractivity contribution in [3.63, 3.8) is 0 Å². The third-order valence-corrected chi connectivity index (χ3v) is 1.33. The van der Waals surface area contributed by atoms with Crippen LogP contribution in [0.3, 0.4) is 0 Å². The van der Waals surface area contributed by atoms with E-state index < -0.39 is 0 Å². The highest BCUT2D eigenvalue weighted by atomic mass is 15.0. The first-order valence-electron chi connectivity index (χ1n) is 3.39. The number of nitrogens with zero attached hydrogens (tertiary/aromatic N) is 2. The van der Waals surface area contributed by atoms with Crippen molar-refractivity contribution in [3.05, 3.63) is 18.7 Å². The van der Waals surface area contributed by atoms with E-state index in [4.69, 9.17) is 0 Å². The van der Waals surface area contributed by atoms with E-state index in [2.05, 4.69) is 16.5 Å². The van der Waals surface area contributed by atoms with E-state index in [0.717, 1.165) is 6.54 Å². The van der Waals surface area contributed by atoms with Crippen molar-refractivity contribution in [2.24, 2.45) is 0 Å². The summed E-state index contributed by atoms with van der Waals surface area (Å²) in [7, 11) is 0. The van der Waals surface area contributed by atoms with Crippen molar-refractivity contribution >= 4 is 0 Å². The van der Waals surface area contributed by atoms with E-state index in [1.54, 1.807) is 0 Å². The van der Waals surface area contributed by atoms with Crippen LogP contribution in [0.1, 0.15) is 19.8 Å². The summed E-state index contributed by atoms with van der Waals surface area (Å²) in [5.41, 5.74) is 0. The first-order valence-corrected chi connectivity index (χ1v) is 3.39. The van der Waals surface area contributed by atoms with E-state index in [1.165, 1.54) is 12.8 Å². The Morgan fingerprint density at radius 2 is 2.30 bits per heavy atom. The number of rotatable bonds is 3. The molecule has 0 fully saturated rings. The third kappa shape index (κ3) is 2.64. The number of hydrogen-bond donors (Lipinski definition) is 1. The standard InChI is InChI=1S/C7H12N2.H3N/c1-2-3-5-9-6-4-8-7-9;/h4,6-7H,2-3,5H2,1H3;1H3. The molecule has 1 aromatic rings. The van der Waals surface area contributed by atoms with E-state index in [0.29, 0.717) is 0 Å². The molecular weight excluding hydrogens is 126 g/mol. The molecule has 58 valence electrons. The van der Waals surface area contributed by atoms with Gasteiger partial charge in [0.15, 0.2) is 0 Å². The first kappa shape index (κ1) is 9.17. The molecule has 1 aromatic heterocycles.